The quantitative estimate of drug-likeness (QED) is 0.707. The van der Waals surface area contributed by atoms with E-state index in [0.717, 1.165) is 16.8 Å². The maximum absolute atomic E-state index is 12.2. The van der Waals surface area contributed by atoms with Crippen molar-refractivity contribution in [3.63, 3.8) is 0 Å². The first-order valence-corrected chi connectivity index (χ1v) is 8.65. The van der Waals surface area contributed by atoms with Crippen LogP contribution in [0.2, 0.25) is 0 Å². The van der Waals surface area contributed by atoms with Crippen LogP contribution in [0.5, 0.6) is 5.75 Å². The minimum Gasteiger partial charge on any atom is -0.508 e. The summed E-state index contributed by atoms with van der Waals surface area (Å²) in [6.45, 7) is 1.98. The van der Waals surface area contributed by atoms with Crippen molar-refractivity contribution in [3.05, 3.63) is 72.1 Å². The fourth-order valence-corrected chi connectivity index (χ4v) is 2.65. The molecular weight excluding hydrogens is 326 g/mol. The molecule has 0 radical (unpaired) electrons. The van der Waals surface area contributed by atoms with E-state index in [1.54, 1.807) is 30.5 Å². The van der Waals surface area contributed by atoms with Crippen molar-refractivity contribution in [1.82, 2.24) is 9.97 Å². The summed E-state index contributed by atoms with van der Waals surface area (Å²) in [6, 6.07) is 16.7. The Labute approximate surface area is 152 Å². The van der Waals surface area contributed by atoms with Gasteiger partial charge in [-0.2, -0.15) is 0 Å². The third kappa shape index (κ3) is 4.45. The van der Waals surface area contributed by atoms with Crippen molar-refractivity contribution in [1.29, 1.82) is 0 Å². The first-order chi connectivity index (χ1) is 12.7. The molecule has 3 rings (SSSR count). The second-order valence-electron chi connectivity index (χ2n) is 5.98. The zero-order valence-corrected chi connectivity index (χ0v) is 14.6. The van der Waals surface area contributed by atoms with Gasteiger partial charge in [0, 0.05) is 12.0 Å². The monoisotopic (exact) mass is 347 g/mol. The van der Waals surface area contributed by atoms with Gasteiger partial charge in [0.25, 0.3) is 0 Å². The number of amides is 1. The summed E-state index contributed by atoms with van der Waals surface area (Å²) >= 11 is 0. The third-order valence-electron chi connectivity index (χ3n) is 4.08. The standard InChI is InChI=1S/C21H21N3O2/c1-2-18-21(24-20(26)13-8-15-6-4-3-5-7-15)22-14-19(23-18)16-9-11-17(25)12-10-16/h3-7,9-12,14,25H,2,8,13H2,1H3,(H,22,24,26). The van der Waals surface area contributed by atoms with Crippen LogP contribution in [0, 0.1) is 0 Å². The Balaban J connectivity index is 1.69. The van der Waals surface area contributed by atoms with E-state index in [4.69, 9.17) is 0 Å². The minimum absolute atomic E-state index is 0.0739. The summed E-state index contributed by atoms with van der Waals surface area (Å²) < 4.78 is 0. The smallest absolute Gasteiger partial charge is 0.225 e. The van der Waals surface area contributed by atoms with Crippen molar-refractivity contribution < 1.29 is 9.90 Å². The van der Waals surface area contributed by atoms with Gasteiger partial charge in [0.15, 0.2) is 5.82 Å². The molecule has 0 aliphatic carbocycles. The number of phenols is 1. The topological polar surface area (TPSA) is 75.1 Å². The van der Waals surface area contributed by atoms with Crippen molar-refractivity contribution in [2.45, 2.75) is 26.2 Å². The fourth-order valence-electron chi connectivity index (χ4n) is 2.65. The van der Waals surface area contributed by atoms with E-state index in [9.17, 15) is 9.90 Å². The van der Waals surface area contributed by atoms with Crippen LogP contribution in [0.25, 0.3) is 11.3 Å². The first-order valence-electron chi connectivity index (χ1n) is 8.65. The lowest BCUT2D eigenvalue weighted by Crippen LogP contribution is -2.15. The van der Waals surface area contributed by atoms with Gasteiger partial charge in [0.1, 0.15) is 5.75 Å². The number of anilines is 1. The van der Waals surface area contributed by atoms with Gasteiger partial charge in [-0.25, -0.2) is 9.97 Å². The van der Waals surface area contributed by atoms with E-state index < -0.39 is 0 Å². The van der Waals surface area contributed by atoms with Gasteiger partial charge >= 0.3 is 0 Å². The molecule has 1 amide bonds. The van der Waals surface area contributed by atoms with Crippen LogP contribution in [0.3, 0.4) is 0 Å². The molecule has 0 fully saturated rings. The number of rotatable bonds is 6. The van der Waals surface area contributed by atoms with Gasteiger partial charge in [-0.3, -0.25) is 4.79 Å². The molecule has 0 saturated carbocycles. The van der Waals surface area contributed by atoms with E-state index >= 15 is 0 Å². The molecule has 0 unspecified atom stereocenters. The Bertz CT molecular complexity index is 878. The van der Waals surface area contributed by atoms with Gasteiger partial charge in [-0.05, 0) is 42.7 Å². The maximum Gasteiger partial charge on any atom is 0.225 e. The zero-order chi connectivity index (χ0) is 18.4. The lowest BCUT2D eigenvalue weighted by Gasteiger charge is -2.10. The highest BCUT2D eigenvalue weighted by Crippen LogP contribution is 2.22. The highest BCUT2D eigenvalue weighted by atomic mass is 16.3. The summed E-state index contributed by atoms with van der Waals surface area (Å²) in [5.41, 5.74) is 3.45. The molecule has 1 heterocycles. The van der Waals surface area contributed by atoms with Crippen LogP contribution >= 0.6 is 0 Å². The molecule has 0 aliphatic rings. The van der Waals surface area contributed by atoms with E-state index in [0.29, 0.717) is 30.8 Å². The molecule has 2 aromatic carbocycles. The lowest BCUT2D eigenvalue weighted by atomic mass is 10.1. The van der Waals surface area contributed by atoms with Crippen LogP contribution in [-0.4, -0.2) is 21.0 Å². The van der Waals surface area contributed by atoms with Gasteiger partial charge in [-0.15, -0.1) is 0 Å². The number of aryl methyl sites for hydroxylation is 2. The molecule has 2 N–H and O–H groups in total. The number of aromatic nitrogens is 2. The molecule has 0 saturated heterocycles. The predicted molar refractivity (Wildman–Crippen MR) is 102 cm³/mol. The number of hydrogen-bond acceptors (Lipinski definition) is 4. The SMILES string of the molecule is CCc1nc(-c2ccc(O)cc2)cnc1NC(=O)CCc1ccccc1. The molecule has 26 heavy (non-hydrogen) atoms. The number of hydrogen-bond donors (Lipinski definition) is 2. The van der Waals surface area contributed by atoms with E-state index in [-0.39, 0.29) is 11.7 Å². The van der Waals surface area contributed by atoms with Crippen LogP contribution in [0.4, 0.5) is 5.82 Å². The minimum atomic E-state index is -0.0739. The Morgan fingerprint density at radius 2 is 1.81 bits per heavy atom. The van der Waals surface area contributed by atoms with Crippen LogP contribution < -0.4 is 5.32 Å². The molecule has 5 nitrogen and oxygen atoms in total. The summed E-state index contributed by atoms with van der Waals surface area (Å²) in [4.78, 5) is 21.2. The van der Waals surface area contributed by atoms with Crippen LogP contribution in [0.15, 0.2) is 60.8 Å². The van der Waals surface area contributed by atoms with Crippen molar-refractivity contribution in [2.75, 3.05) is 5.32 Å². The van der Waals surface area contributed by atoms with E-state index in [2.05, 4.69) is 15.3 Å². The van der Waals surface area contributed by atoms with Crippen molar-refractivity contribution in [2.24, 2.45) is 0 Å². The van der Waals surface area contributed by atoms with E-state index in [1.807, 2.05) is 37.3 Å². The normalized spacial score (nSPS) is 10.5. The Morgan fingerprint density at radius 3 is 2.50 bits per heavy atom. The molecule has 0 spiro atoms. The van der Waals surface area contributed by atoms with E-state index in [1.165, 1.54) is 0 Å². The van der Waals surface area contributed by atoms with Gasteiger partial charge < -0.3 is 10.4 Å². The second kappa shape index (κ2) is 8.25. The molecule has 5 heteroatoms. The number of nitrogens with one attached hydrogen (secondary N) is 1. The number of benzene rings is 2. The molecule has 0 bridgehead atoms. The molecular formula is C21H21N3O2. The van der Waals surface area contributed by atoms with Gasteiger partial charge in [0.2, 0.25) is 5.91 Å². The maximum atomic E-state index is 12.2. The number of phenolic OH excluding ortho intramolecular Hbond substituents is 1. The Kier molecular flexibility index (Phi) is 5.59. The molecule has 3 aromatic rings. The highest BCUT2D eigenvalue weighted by molar-refractivity contribution is 5.90. The number of carbonyl (C=O) groups excluding carboxylic acids is 1. The van der Waals surface area contributed by atoms with Crippen LogP contribution in [0.1, 0.15) is 24.6 Å². The Hall–Kier alpha value is -3.21. The van der Waals surface area contributed by atoms with Crippen molar-refractivity contribution >= 4 is 11.7 Å². The summed E-state index contributed by atoms with van der Waals surface area (Å²) in [5.74, 6) is 0.642. The lowest BCUT2D eigenvalue weighted by molar-refractivity contribution is -0.116. The average Bonchev–Trinajstić information content (AvgIpc) is 2.68. The third-order valence-corrected chi connectivity index (χ3v) is 4.08. The highest BCUT2D eigenvalue weighted by Gasteiger charge is 2.11. The molecule has 132 valence electrons. The fraction of sp³-hybridized carbons (Fsp3) is 0.190. The Morgan fingerprint density at radius 1 is 1.08 bits per heavy atom. The number of carbonyl (C=O) groups is 1. The molecule has 0 aliphatic heterocycles. The summed E-state index contributed by atoms with van der Waals surface area (Å²) in [7, 11) is 0. The second-order valence-corrected chi connectivity index (χ2v) is 5.98. The van der Waals surface area contributed by atoms with Gasteiger partial charge in [-0.1, -0.05) is 37.3 Å². The number of nitrogens with zero attached hydrogens (tertiary/aromatic N) is 2. The predicted octanol–water partition coefficient (Wildman–Crippen LogP) is 3.98. The van der Waals surface area contributed by atoms with Crippen molar-refractivity contribution in [3.8, 4) is 17.0 Å². The van der Waals surface area contributed by atoms with Gasteiger partial charge in [0.05, 0.1) is 17.6 Å². The summed E-state index contributed by atoms with van der Waals surface area (Å²) in [6.07, 6.45) is 3.38. The first kappa shape index (κ1) is 17.6. The summed E-state index contributed by atoms with van der Waals surface area (Å²) in [5, 5.41) is 12.3. The zero-order valence-electron chi connectivity index (χ0n) is 14.6. The number of aromatic hydroxyl groups is 1. The molecule has 1 aromatic heterocycles. The largest absolute Gasteiger partial charge is 0.508 e. The average molecular weight is 347 g/mol. The molecule has 0 atom stereocenters. The van der Waals surface area contributed by atoms with Crippen LogP contribution in [-0.2, 0) is 17.6 Å².